The lowest BCUT2D eigenvalue weighted by atomic mass is 9.57. The number of rotatable bonds is 2. The van der Waals surface area contributed by atoms with E-state index in [4.69, 9.17) is 18.6 Å². The van der Waals surface area contributed by atoms with Crippen LogP contribution in [0.2, 0.25) is 18.1 Å². The summed E-state index contributed by atoms with van der Waals surface area (Å²) in [7, 11) is -1.79. The van der Waals surface area contributed by atoms with E-state index in [1.165, 1.54) is 0 Å². The predicted octanol–water partition coefficient (Wildman–Crippen LogP) is 4.24. The molecule has 4 aliphatic rings. The summed E-state index contributed by atoms with van der Waals surface area (Å²) in [5, 5.41) is 0.241. The zero-order valence-electron chi connectivity index (χ0n) is 16.2. The first kappa shape index (κ1) is 17.5. The van der Waals surface area contributed by atoms with Crippen molar-refractivity contribution in [1.29, 1.82) is 0 Å². The van der Waals surface area contributed by atoms with E-state index >= 15 is 0 Å². The lowest BCUT2D eigenvalue weighted by Gasteiger charge is -2.54. The number of hydrogen-bond donors (Lipinski definition) is 0. The minimum Gasteiger partial charge on any atom is -0.413 e. The quantitative estimate of drug-likeness (QED) is 0.549. The van der Waals surface area contributed by atoms with Gasteiger partial charge in [-0.1, -0.05) is 27.7 Å². The van der Waals surface area contributed by atoms with Crippen molar-refractivity contribution in [3.63, 3.8) is 0 Å². The molecule has 4 nitrogen and oxygen atoms in total. The molecule has 4 atom stereocenters. The smallest absolute Gasteiger partial charge is 0.192 e. The fourth-order valence-corrected chi connectivity index (χ4v) is 6.48. The first-order chi connectivity index (χ1) is 11.0. The van der Waals surface area contributed by atoms with Gasteiger partial charge in [-0.05, 0) is 37.4 Å². The van der Waals surface area contributed by atoms with Crippen LogP contribution < -0.4 is 0 Å². The van der Waals surface area contributed by atoms with Crippen molar-refractivity contribution in [3.8, 4) is 0 Å². The number of epoxide rings is 1. The summed E-state index contributed by atoms with van der Waals surface area (Å²) in [5.74, 6) is -0.382. The standard InChI is InChI=1S/C19H34O4Si/c1-16(2,3)24(5,6)23-14-7-8-15-19(22-15)13-18(20-11-12-21-18)10-9-17(14,19)4/h14-15H,7-13H2,1-6H3/t14-,15+,17+,19+/m0/s1. The van der Waals surface area contributed by atoms with Crippen molar-refractivity contribution >= 4 is 8.32 Å². The SMILES string of the molecule is CC(C)(C)[Si](C)(C)O[C@H]1CC[C@H]2O[C@]23CC2(CC[C@]13C)OCCO2. The zero-order chi connectivity index (χ0) is 17.4. The highest BCUT2D eigenvalue weighted by molar-refractivity contribution is 6.74. The Labute approximate surface area is 147 Å². The van der Waals surface area contributed by atoms with Crippen LogP contribution in [0.25, 0.3) is 0 Å². The molecule has 2 saturated heterocycles. The molecule has 0 N–H and O–H groups in total. The molecule has 0 unspecified atom stereocenters. The van der Waals surface area contributed by atoms with E-state index in [0.29, 0.717) is 12.2 Å². The van der Waals surface area contributed by atoms with Gasteiger partial charge in [0.2, 0.25) is 0 Å². The maximum Gasteiger partial charge on any atom is 0.192 e. The third-order valence-corrected chi connectivity index (χ3v) is 12.3. The van der Waals surface area contributed by atoms with Gasteiger partial charge in [0.1, 0.15) is 5.60 Å². The molecule has 2 aliphatic carbocycles. The highest BCUT2D eigenvalue weighted by Crippen LogP contribution is 2.68. The van der Waals surface area contributed by atoms with E-state index in [0.717, 1.165) is 45.3 Å². The van der Waals surface area contributed by atoms with Gasteiger partial charge in [0.25, 0.3) is 0 Å². The molecule has 0 aromatic heterocycles. The second-order valence-electron chi connectivity index (χ2n) is 10.1. The van der Waals surface area contributed by atoms with Crippen molar-refractivity contribution in [2.45, 2.75) is 102 Å². The zero-order valence-corrected chi connectivity index (χ0v) is 17.2. The number of hydrogen-bond acceptors (Lipinski definition) is 4. The van der Waals surface area contributed by atoms with Crippen molar-refractivity contribution in [2.75, 3.05) is 13.2 Å². The van der Waals surface area contributed by atoms with Gasteiger partial charge in [-0.25, -0.2) is 0 Å². The van der Waals surface area contributed by atoms with Crippen molar-refractivity contribution in [3.05, 3.63) is 0 Å². The Bertz CT molecular complexity index is 522. The Balaban J connectivity index is 1.59. The monoisotopic (exact) mass is 354 g/mol. The van der Waals surface area contributed by atoms with E-state index in [1.807, 2.05) is 0 Å². The van der Waals surface area contributed by atoms with Crippen LogP contribution in [-0.2, 0) is 18.6 Å². The fourth-order valence-electron chi connectivity index (χ4n) is 5.04. The average molecular weight is 355 g/mol. The summed E-state index contributed by atoms with van der Waals surface area (Å²) in [5.41, 5.74) is 0.00681. The molecule has 2 saturated carbocycles. The van der Waals surface area contributed by atoms with Crippen LogP contribution in [0.1, 0.15) is 59.8 Å². The van der Waals surface area contributed by atoms with E-state index in [9.17, 15) is 0 Å². The maximum absolute atomic E-state index is 6.94. The van der Waals surface area contributed by atoms with E-state index in [1.54, 1.807) is 0 Å². The Morgan fingerprint density at radius 3 is 2.33 bits per heavy atom. The van der Waals surface area contributed by atoms with Crippen LogP contribution in [0.15, 0.2) is 0 Å². The van der Waals surface area contributed by atoms with E-state index < -0.39 is 8.32 Å². The molecule has 2 aliphatic heterocycles. The molecule has 4 fully saturated rings. The van der Waals surface area contributed by atoms with Gasteiger partial charge in [-0.2, -0.15) is 0 Å². The van der Waals surface area contributed by atoms with E-state index in [-0.39, 0.29) is 21.8 Å². The third kappa shape index (κ3) is 2.31. The van der Waals surface area contributed by atoms with Crippen LogP contribution in [0, 0.1) is 5.41 Å². The summed E-state index contributed by atoms with van der Waals surface area (Å²) >= 11 is 0. The highest BCUT2D eigenvalue weighted by Gasteiger charge is 2.76. The summed E-state index contributed by atoms with van der Waals surface area (Å²) in [6.45, 7) is 15.6. The first-order valence-corrected chi connectivity index (χ1v) is 12.6. The average Bonchev–Trinajstić information content (AvgIpc) is 2.99. The Morgan fingerprint density at radius 1 is 1.04 bits per heavy atom. The molecule has 0 amide bonds. The van der Waals surface area contributed by atoms with Crippen LogP contribution >= 0.6 is 0 Å². The van der Waals surface area contributed by atoms with Crippen LogP contribution in [0.5, 0.6) is 0 Å². The second-order valence-corrected chi connectivity index (χ2v) is 14.9. The second kappa shape index (κ2) is 5.07. The van der Waals surface area contributed by atoms with Crippen LogP contribution in [-0.4, -0.2) is 45.1 Å². The molecule has 0 aromatic carbocycles. The maximum atomic E-state index is 6.94. The molecule has 24 heavy (non-hydrogen) atoms. The number of ether oxygens (including phenoxy) is 3. The molecule has 4 rings (SSSR count). The summed E-state index contributed by atoms with van der Waals surface area (Å²) in [4.78, 5) is 0. The fraction of sp³-hybridized carbons (Fsp3) is 1.00. The minimum atomic E-state index is -1.79. The normalized spacial score (nSPS) is 44.2. The molecular formula is C19H34O4Si. The lowest BCUT2D eigenvalue weighted by molar-refractivity contribution is -0.222. The lowest BCUT2D eigenvalue weighted by Crippen LogP contribution is -2.61. The molecule has 5 heteroatoms. The van der Waals surface area contributed by atoms with Gasteiger partial charge in [-0.3, -0.25) is 0 Å². The molecule has 2 heterocycles. The summed E-state index contributed by atoms with van der Waals surface area (Å²) < 4.78 is 25.3. The Hall–Kier alpha value is 0.0569. The molecule has 2 spiro atoms. The molecule has 0 radical (unpaired) electrons. The van der Waals surface area contributed by atoms with E-state index in [2.05, 4.69) is 40.8 Å². The molecule has 0 aromatic rings. The summed E-state index contributed by atoms with van der Waals surface area (Å²) in [6, 6.07) is 0. The van der Waals surface area contributed by atoms with Gasteiger partial charge in [0.05, 0.1) is 25.4 Å². The largest absolute Gasteiger partial charge is 0.413 e. The topological polar surface area (TPSA) is 40.2 Å². The Kier molecular flexibility index (Phi) is 3.69. The summed E-state index contributed by atoms with van der Waals surface area (Å²) in [6.07, 6.45) is 5.86. The third-order valence-electron chi connectivity index (χ3n) is 7.80. The van der Waals surface area contributed by atoms with Gasteiger partial charge in [0.15, 0.2) is 14.1 Å². The van der Waals surface area contributed by atoms with Crippen molar-refractivity contribution in [2.24, 2.45) is 5.41 Å². The van der Waals surface area contributed by atoms with Crippen LogP contribution in [0.3, 0.4) is 0 Å². The van der Waals surface area contributed by atoms with Gasteiger partial charge in [-0.15, -0.1) is 0 Å². The molecule has 138 valence electrons. The van der Waals surface area contributed by atoms with Crippen molar-refractivity contribution in [1.82, 2.24) is 0 Å². The van der Waals surface area contributed by atoms with Crippen molar-refractivity contribution < 1.29 is 18.6 Å². The van der Waals surface area contributed by atoms with Crippen LogP contribution in [0.4, 0.5) is 0 Å². The van der Waals surface area contributed by atoms with Gasteiger partial charge >= 0.3 is 0 Å². The highest BCUT2D eigenvalue weighted by atomic mass is 28.4. The Morgan fingerprint density at radius 2 is 1.71 bits per heavy atom. The van der Waals surface area contributed by atoms with Gasteiger partial charge in [0, 0.05) is 18.3 Å². The van der Waals surface area contributed by atoms with Gasteiger partial charge < -0.3 is 18.6 Å². The molecule has 0 bridgehead atoms. The first-order valence-electron chi connectivity index (χ1n) is 9.67. The predicted molar refractivity (Wildman–Crippen MR) is 95.5 cm³/mol. The minimum absolute atomic E-state index is 0.0825. The molecular weight excluding hydrogens is 320 g/mol.